The van der Waals surface area contributed by atoms with E-state index in [2.05, 4.69) is 75.1 Å². The lowest BCUT2D eigenvalue weighted by atomic mass is 10.2. The highest BCUT2D eigenvalue weighted by molar-refractivity contribution is 9.10. The molecule has 11 nitrogen and oxygen atoms in total. The maximum Gasteiger partial charge on any atom is 0.339 e. The zero-order chi connectivity index (χ0) is 31.4. The van der Waals surface area contributed by atoms with Crippen molar-refractivity contribution in [3.05, 3.63) is 46.2 Å². The molecule has 0 atom stereocenters. The molecule has 0 radical (unpaired) electrons. The quantitative estimate of drug-likeness (QED) is 0.0932. The van der Waals surface area contributed by atoms with Gasteiger partial charge in [-0.05, 0) is 40.9 Å². The van der Waals surface area contributed by atoms with E-state index in [0.717, 1.165) is 43.5 Å². The van der Waals surface area contributed by atoms with Crippen LogP contribution in [0.15, 0.2) is 29.4 Å². The van der Waals surface area contributed by atoms with Crippen molar-refractivity contribution in [3.8, 4) is 0 Å². The minimum Gasteiger partial charge on any atom is -0.478 e. The van der Waals surface area contributed by atoms with Gasteiger partial charge in [0.2, 0.25) is 0 Å². The number of hydrogen-bond donors (Lipinski definition) is 1. The monoisotopic (exact) mass is 688 g/mol. The molecule has 14 heteroatoms. The number of carbonyl (C=O) groups excluding carboxylic acids is 1. The normalized spacial score (nSPS) is 13.7. The van der Waals surface area contributed by atoms with Gasteiger partial charge in [-0.15, -0.1) is 0 Å². The van der Waals surface area contributed by atoms with Crippen LogP contribution in [0.2, 0.25) is 51.4 Å². The number of hydrogen-bond acceptors (Lipinski definition) is 8. The maximum absolute atomic E-state index is 11.5. The fourth-order valence-corrected chi connectivity index (χ4v) is 6.01. The molecule has 0 saturated heterocycles. The largest absolute Gasteiger partial charge is 0.478 e. The lowest BCUT2D eigenvalue weighted by molar-refractivity contribution is 0.0695. The third-order valence-corrected chi connectivity index (χ3v) is 10.7. The van der Waals surface area contributed by atoms with Crippen molar-refractivity contribution >= 4 is 66.7 Å². The first-order valence-corrected chi connectivity index (χ1v) is 22.7. The fraction of sp³-hybridized carbons (Fsp3) is 0.517. The second-order valence-corrected chi connectivity index (χ2v) is 25.3. The Morgan fingerprint density at radius 2 is 1.49 bits per heavy atom. The molecule has 1 aliphatic rings. The van der Waals surface area contributed by atoms with E-state index in [1.165, 1.54) is 0 Å². The first-order valence-electron chi connectivity index (χ1n) is 14.5. The molecule has 0 aliphatic heterocycles. The van der Waals surface area contributed by atoms with Gasteiger partial charge in [0.1, 0.15) is 34.7 Å². The standard InChI is InChI=1S/C16H23N3O3Si.C13H18BrN3O2Si/c1-23(2,3)7-6-22-10-19-9-12(16(20)21)14-15(19)17-8-13(18-14)11-4-5-11;1-20(2,3)5-4-19-9-17-7-10(8-18)12-13(17)15-6-11(14)16-12/h8-9,11H,4-7,10H2,1-3H3,(H,20,21);6-8H,4-5,9H2,1-3H3. The summed E-state index contributed by atoms with van der Waals surface area (Å²) in [6, 6.07) is 2.19. The number of halogens is 1. The van der Waals surface area contributed by atoms with Gasteiger partial charge in [-0.3, -0.25) is 4.79 Å². The van der Waals surface area contributed by atoms with Crippen molar-refractivity contribution in [2.45, 2.75) is 83.6 Å². The van der Waals surface area contributed by atoms with E-state index >= 15 is 0 Å². The SMILES string of the molecule is C[Si](C)(C)CCOCn1cc(C(=O)O)c2nc(C3CC3)cnc21.C[Si](C)(C)CCOCn1cc(C=O)c2nc(Br)cnc21. The topological polar surface area (TPSA) is 134 Å². The minimum absolute atomic E-state index is 0.198. The van der Waals surface area contributed by atoms with Crippen molar-refractivity contribution in [2.75, 3.05) is 13.2 Å². The van der Waals surface area contributed by atoms with E-state index in [1.54, 1.807) is 29.4 Å². The van der Waals surface area contributed by atoms with E-state index in [4.69, 9.17) is 9.47 Å². The van der Waals surface area contributed by atoms with Gasteiger partial charge >= 0.3 is 5.97 Å². The van der Waals surface area contributed by atoms with Crippen LogP contribution < -0.4 is 0 Å². The van der Waals surface area contributed by atoms with E-state index < -0.39 is 22.1 Å². The number of carbonyl (C=O) groups is 2. The summed E-state index contributed by atoms with van der Waals surface area (Å²) in [5.41, 5.74) is 3.95. The number of fused-ring (bicyclic) bond motifs is 2. The highest BCUT2D eigenvalue weighted by atomic mass is 79.9. The van der Waals surface area contributed by atoms with E-state index in [9.17, 15) is 14.7 Å². The molecular weight excluding hydrogens is 648 g/mol. The first-order chi connectivity index (χ1) is 20.3. The zero-order valence-corrected chi connectivity index (χ0v) is 29.3. The second-order valence-electron chi connectivity index (χ2n) is 13.3. The van der Waals surface area contributed by atoms with Gasteiger partial charge in [-0.2, -0.15) is 0 Å². The molecule has 1 aliphatic carbocycles. The van der Waals surface area contributed by atoms with E-state index in [-0.39, 0.29) is 5.56 Å². The molecule has 1 saturated carbocycles. The smallest absolute Gasteiger partial charge is 0.339 e. The highest BCUT2D eigenvalue weighted by Gasteiger charge is 2.27. The lowest BCUT2D eigenvalue weighted by Crippen LogP contribution is -2.22. The Bertz CT molecular complexity index is 1590. The van der Waals surface area contributed by atoms with Gasteiger partial charge in [-0.25, -0.2) is 24.7 Å². The van der Waals surface area contributed by atoms with Crippen molar-refractivity contribution in [1.82, 2.24) is 29.1 Å². The Hall–Kier alpha value is -2.79. The van der Waals surface area contributed by atoms with Crippen LogP contribution >= 0.6 is 15.9 Å². The maximum atomic E-state index is 11.5. The molecule has 0 bridgehead atoms. The molecule has 0 amide bonds. The summed E-state index contributed by atoms with van der Waals surface area (Å²) in [4.78, 5) is 40.1. The first kappa shape index (κ1) is 33.1. The van der Waals surface area contributed by atoms with Crippen LogP contribution in [0.5, 0.6) is 0 Å². The van der Waals surface area contributed by atoms with Crippen LogP contribution in [-0.4, -0.2) is 75.8 Å². The summed E-state index contributed by atoms with van der Waals surface area (Å²) in [6.07, 6.45) is 9.73. The number of aromatic carboxylic acids is 1. The zero-order valence-electron chi connectivity index (χ0n) is 25.8. The van der Waals surface area contributed by atoms with Crippen LogP contribution in [0.25, 0.3) is 22.3 Å². The average molecular weight is 690 g/mol. The third kappa shape index (κ3) is 9.35. The number of aldehydes is 1. The summed E-state index contributed by atoms with van der Waals surface area (Å²) in [5.74, 6) is -0.525. The van der Waals surface area contributed by atoms with E-state index in [0.29, 0.717) is 58.5 Å². The Morgan fingerprint density at radius 3 is 2.02 bits per heavy atom. The number of carboxylic acids is 1. The second kappa shape index (κ2) is 13.9. The molecular formula is C29H41BrN6O5Si2. The van der Waals surface area contributed by atoms with Gasteiger partial charge in [0.15, 0.2) is 17.6 Å². The predicted octanol–water partition coefficient (Wildman–Crippen LogP) is 6.64. The molecule has 5 rings (SSSR count). The molecule has 1 fully saturated rings. The van der Waals surface area contributed by atoms with Crippen molar-refractivity contribution in [3.63, 3.8) is 0 Å². The van der Waals surface area contributed by atoms with Gasteiger partial charge in [0.05, 0.1) is 23.7 Å². The lowest BCUT2D eigenvalue weighted by Gasteiger charge is -2.15. The molecule has 4 heterocycles. The van der Waals surface area contributed by atoms with Gasteiger partial charge < -0.3 is 23.7 Å². The average Bonchev–Trinajstić information content (AvgIpc) is 3.63. The highest BCUT2D eigenvalue weighted by Crippen LogP contribution is 2.39. The van der Waals surface area contributed by atoms with Crippen molar-refractivity contribution in [1.29, 1.82) is 0 Å². The summed E-state index contributed by atoms with van der Waals surface area (Å²) < 4.78 is 15.6. The Morgan fingerprint density at radius 1 is 0.930 bits per heavy atom. The summed E-state index contributed by atoms with van der Waals surface area (Å²) in [5, 5.41) is 9.40. The molecule has 1 N–H and O–H groups in total. The summed E-state index contributed by atoms with van der Waals surface area (Å²) in [6.45, 7) is 16.0. The van der Waals surface area contributed by atoms with Crippen LogP contribution in [-0.2, 0) is 22.9 Å². The Labute approximate surface area is 262 Å². The van der Waals surface area contributed by atoms with Crippen LogP contribution in [0, 0.1) is 0 Å². The fourth-order valence-electron chi connectivity index (χ4n) is 4.22. The molecule has 0 aromatic carbocycles. The molecule has 43 heavy (non-hydrogen) atoms. The predicted molar refractivity (Wildman–Crippen MR) is 175 cm³/mol. The van der Waals surface area contributed by atoms with Crippen molar-refractivity contribution < 1.29 is 24.2 Å². The van der Waals surface area contributed by atoms with Gasteiger partial charge in [-0.1, -0.05) is 39.3 Å². The van der Waals surface area contributed by atoms with Crippen LogP contribution in [0.3, 0.4) is 0 Å². The Kier molecular flexibility index (Phi) is 10.7. The van der Waals surface area contributed by atoms with E-state index in [1.807, 2.05) is 4.57 Å². The number of ether oxygens (including phenoxy) is 2. The number of aromatic nitrogens is 6. The summed E-state index contributed by atoms with van der Waals surface area (Å²) in [7, 11) is -2.21. The number of rotatable bonds is 13. The molecule has 0 spiro atoms. The molecule has 4 aromatic heterocycles. The van der Waals surface area contributed by atoms with Gasteiger partial charge in [0.25, 0.3) is 0 Å². The van der Waals surface area contributed by atoms with Crippen LogP contribution in [0.1, 0.15) is 45.2 Å². The third-order valence-electron chi connectivity index (χ3n) is 6.95. The minimum atomic E-state index is -1.13. The molecule has 4 aromatic rings. The van der Waals surface area contributed by atoms with Crippen molar-refractivity contribution in [2.24, 2.45) is 0 Å². The molecule has 232 valence electrons. The summed E-state index contributed by atoms with van der Waals surface area (Å²) >= 11 is 3.27. The van der Waals surface area contributed by atoms with Gasteiger partial charge in [0, 0.05) is 47.7 Å². The number of carboxylic acid groups (broad SMARTS) is 1. The Balaban J connectivity index is 0.000000199. The number of nitrogens with zero attached hydrogens (tertiary/aromatic N) is 6. The molecule has 0 unspecified atom stereocenters. The van der Waals surface area contributed by atoms with Crippen LogP contribution in [0.4, 0.5) is 0 Å².